The van der Waals surface area contributed by atoms with E-state index in [1.807, 2.05) is 60.0 Å². The molecule has 0 spiro atoms. The maximum absolute atomic E-state index is 12.1. The fourth-order valence-corrected chi connectivity index (χ4v) is 3.68. The number of fused-ring (bicyclic) bond motifs is 1. The van der Waals surface area contributed by atoms with Gasteiger partial charge in [-0.05, 0) is 24.3 Å². The number of methoxy groups -OCH3 is 1. The van der Waals surface area contributed by atoms with Crippen molar-refractivity contribution in [2.45, 2.75) is 6.61 Å². The summed E-state index contributed by atoms with van der Waals surface area (Å²) in [5.41, 5.74) is 3.40. The van der Waals surface area contributed by atoms with Crippen molar-refractivity contribution in [1.29, 1.82) is 0 Å². The van der Waals surface area contributed by atoms with Crippen LogP contribution in [0, 0.1) is 0 Å². The number of thiazole rings is 1. The molecule has 0 unspecified atom stereocenters. The molecule has 0 aliphatic carbocycles. The van der Waals surface area contributed by atoms with Crippen LogP contribution in [-0.2, 0) is 16.1 Å². The van der Waals surface area contributed by atoms with Gasteiger partial charge in [-0.25, -0.2) is 9.78 Å². The molecule has 2 aromatic heterocycles. The molecule has 0 aliphatic rings. The van der Waals surface area contributed by atoms with Crippen LogP contribution in [0.25, 0.3) is 27.6 Å². The van der Waals surface area contributed by atoms with Gasteiger partial charge >= 0.3 is 5.97 Å². The SMILES string of the molecule is COc1cccc(-c2nc(COC(=O)/C=C/c3cccc4cccnc34)cs2)c1. The molecule has 0 radical (unpaired) electrons. The summed E-state index contributed by atoms with van der Waals surface area (Å²) in [4.78, 5) is 21.0. The average Bonchev–Trinajstić information content (AvgIpc) is 3.25. The zero-order chi connectivity index (χ0) is 20.1. The number of esters is 1. The van der Waals surface area contributed by atoms with E-state index in [1.54, 1.807) is 19.4 Å². The summed E-state index contributed by atoms with van der Waals surface area (Å²) in [5, 5.41) is 3.77. The van der Waals surface area contributed by atoms with E-state index in [0.29, 0.717) is 5.69 Å². The third-order valence-corrected chi connectivity index (χ3v) is 5.23. The van der Waals surface area contributed by atoms with E-state index < -0.39 is 5.97 Å². The van der Waals surface area contributed by atoms with Gasteiger partial charge in [-0.1, -0.05) is 36.4 Å². The molecule has 4 aromatic rings. The normalized spacial score (nSPS) is 11.1. The minimum atomic E-state index is -0.422. The molecule has 0 amide bonds. The number of hydrogen-bond acceptors (Lipinski definition) is 6. The van der Waals surface area contributed by atoms with E-state index in [-0.39, 0.29) is 6.61 Å². The second kappa shape index (κ2) is 8.67. The van der Waals surface area contributed by atoms with Crippen LogP contribution < -0.4 is 4.74 Å². The second-order valence-corrected chi connectivity index (χ2v) is 7.10. The van der Waals surface area contributed by atoms with E-state index in [1.165, 1.54) is 17.4 Å². The van der Waals surface area contributed by atoms with Crippen molar-refractivity contribution in [1.82, 2.24) is 9.97 Å². The van der Waals surface area contributed by atoms with Gasteiger partial charge in [-0.3, -0.25) is 4.98 Å². The monoisotopic (exact) mass is 402 g/mol. The first-order valence-corrected chi connectivity index (χ1v) is 9.88. The Morgan fingerprint density at radius 3 is 2.90 bits per heavy atom. The van der Waals surface area contributed by atoms with E-state index in [0.717, 1.165) is 32.8 Å². The quantitative estimate of drug-likeness (QED) is 0.331. The van der Waals surface area contributed by atoms with Crippen LogP contribution in [0.1, 0.15) is 11.3 Å². The predicted molar refractivity (Wildman–Crippen MR) is 115 cm³/mol. The highest BCUT2D eigenvalue weighted by molar-refractivity contribution is 7.13. The lowest BCUT2D eigenvalue weighted by Crippen LogP contribution is -2.01. The topological polar surface area (TPSA) is 61.3 Å². The molecule has 0 saturated carbocycles. The summed E-state index contributed by atoms with van der Waals surface area (Å²) in [6.45, 7) is 0.122. The smallest absolute Gasteiger partial charge is 0.331 e. The van der Waals surface area contributed by atoms with Gasteiger partial charge in [0, 0.05) is 34.2 Å². The van der Waals surface area contributed by atoms with Crippen LogP contribution in [-0.4, -0.2) is 23.0 Å². The van der Waals surface area contributed by atoms with Crippen molar-refractivity contribution in [3.05, 3.63) is 83.5 Å². The van der Waals surface area contributed by atoms with Crippen molar-refractivity contribution in [2.75, 3.05) is 7.11 Å². The van der Waals surface area contributed by atoms with Crippen molar-refractivity contribution in [3.8, 4) is 16.3 Å². The summed E-state index contributed by atoms with van der Waals surface area (Å²) < 4.78 is 10.6. The lowest BCUT2D eigenvalue weighted by Gasteiger charge is -2.02. The number of nitrogens with zero attached hydrogens (tertiary/aromatic N) is 2. The lowest BCUT2D eigenvalue weighted by atomic mass is 10.1. The van der Waals surface area contributed by atoms with Gasteiger partial charge in [-0.2, -0.15) is 0 Å². The Morgan fingerprint density at radius 1 is 1.14 bits per heavy atom. The van der Waals surface area contributed by atoms with Crippen molar-refractivity contribution < 1.29 is 14.3 Å². The van der Waals surface area contributed by atoms with Crippen molar-refractivity contribution in [3.63, 3.8) is 0 Å². The molecule has 0 saturated heterocycles. The molecule has 0 bridgehead atoms. The first-order valence-electron chi connectivity index (χ1n) is 9.00. The van der Waals surface area contributed by atoms with Crippen LogP contribution >= 0.6 is 11.3 Å². The van der Waals surface area contributed by atoms with Crippen LogP contribution in [0.3, 0.4) is 0 Å². The molecule has 29 heavy (non-hydrogen) atoms. The zero-order valence-electron chi connectivity index (χ0n) is 15.7. The maximum atomic E-state index is 12.1. The Balaban J connectivity index is 1.40. The second-order valence-electron chi connectivity index (χ2n) is 6.24. The summed E-state index contributed by atoms with van der Waals surface area (Å²) in [6, 6.07) is 17.4. The van der Waals surface area contributed by atoms with Crippen molar-refractivity contribution >= 4 is 34.3 Å². The third kappa shape index (κ3) is 4.50. The van der Waals surface area contributed by atoms with Crippen LogP contribution in [0.5, 0.6) is 5.75 Å². The first kappa shape index (κ1) is 18.8. The van der Waals surface area contributed by atoms with E-state index in [4.69, 9.17) is 9.47 Å². The minimum Gasteiger partial charge on any atom is -0.497 e. The number of para-hydroxylation sites is 1. The Morgan fingerprint density at radius 2 is 2.00 bits per heavy atom. The van der Waals surface area contributed by atoms with Gasteiger partial charge in [-0.15, -0.1) is 11.3 Å². The highest BCUT2D eigenvalue weighted by Crippen LogP contribution is 2.27. The lowest BCUT2D eigenvalue weighted by molar-refractivity contribution is -0.139. The van der Waals surface area contributed by atoms with Crippen molar-refractivity contribution in [2.24, 2.45) is 0 Å². The number of aromatic nitrogens is 2. The number of benzene rings is 2. The molecule has 0 N–H and O–H groups in total. The Kier molecular flexibility index (Phi) is 5.63. The number of rotatable bonds is 6. The van der Waals surface area contributed by atoms with Gasteiger partial charge < -0.3 is 9.47 Å². The first-order chi connectivity index (χ1) is 14.2. The summed E-state index contributed by atoms with van der Waals surface area (Å²) >= 11 is 1.50. The molecule has 0 fully saturated rings. The molecule has 5 nitrogen and oxygen atoms in total. The molecule has 4 rings (SSSR count). The summed E-state index contributed by atoms with van der Waals surface area (Å²) in [5.74, 6) is 0.354. The van der Waals surface area contributed by atoms with Gasteiger partial charge in [0.1, 0.15) is 17.4 Å². The van der Waals surface area contributed by atoms with Gasteiger partial charge in [0.2, 0.25) is 0 Å². The van der Waals surface area contributed by atoms with Gasteiger partial charge in [0.15, 0.2) is 0 Å². The molecule has 0 aliphatic heterocycles. The molecule has 0 atom stereocenters. The molecule has 2 aromatic carbocycles. The van der Waals surface area contributed by atoms with E-state index >= 15 is 0 Å². The highest BCUT2D eigenvalue weighted by Gasteiger charge is 2.08. The standard InChI is InChI=1S/C23H18N2O3S/c1-27-20-9-3-7-18(13-20)23-25-19(15-29-23)14-28-21(26)11-10-17-6-2-5-16-8-4-12-24-22(16)17/h2-13,15H,14H2,1H3/b11-10+. The third-order valence-electron chi connectivity index (χ3n) is 4.29. The van der Waals surface area contributed by atoms with Crippen LogP contribution in [0.15, 0.2) is 72.3 Å². The fourth-order valence-electron chi connectivity index (χ4n) is 2.88. The summed E-state index contributed by atoms with van der Waals surface area (Å²) in [7, 11) is 1.63. The van der Waals surface area contributed by atoms with Crippen LogP contribution in [0.4, 0.5) is 0 Å². The fraction of sp³-hybridized carbons (Fsp3) is 0.0870. The maximum Gasteiger partial charge on any atom is 0.331 e. The zero-order valence-corrected chi connectivity index (χ0v) is 16.6. The highest BCUT2D eigenvalue weighted by atomic mass is 32.1. The minimum absolute atomic E-state index is 0.122. The molecule has 6 heteroatoms. The number of carbonyl (C=O) groups is 1. The Hall–Kier alpha value is -3.51. The Labute approximate surface area is 172 Å². The molecule has 144 valence electrons. The number of carbonyl (C=O) groups excluding carboxylic acids is 1. The molecular weight excluding hydrogens is 384 g/mol. The van der Waals surface area contributed by atoms with Gasteiger partial charge in [0.25, 0.3) is 0 Å². The largest absolute Gasteiger partial charge is 0.497 e. The average molecular weight is 402 g/mol. The summed E-state index contributed by atoms with van der Waals surface area (Å²) in [6.07, 6.45) is 4.87. The predicted octanol–water partition coefficient (Wildman–Crippen LogP) is 5.12. The molecular formula is C23H18N2O3S. The van der Waals surface area contributed by atoms with Crippen LogP contribution in [0.2, 0.25) is 0 Å². The van der Waals surface area contributed by atoms with E-state index in [2.05, 4.69) is 9.97 Å². The Bertz CT molecular complexity index is 1180. The number of pyridine rings is 1. The number of hydrogen-bond donors (Lipinski definition) is 0. The van der Waals surface area contributed by atoms with Gasteiger partial charge in [0.05, 0.1) is 18.3 Å². The number of ether oxygens (including phenoxy) is 2. The van der Waals surface area contributed by atoms with E-state index in [9.17, 15) is 4.79 Å². The molecule has 2 heterocycles.